The van der Waals surface area contributed by atoms with Crippen LogP contribution in [0, 0.1) is 0 Å². The van der Waals surface area contributed by atoms with E-state index >= 15 is 0 Å². The van der Waals surface area contributed by atoms with Crippen LogP contribution in [0.15, 0.2) is 48.5 Å². The van der Waals surface area contributed by atoms with E-state index in [1.54, 1.807) is 12.1 Å². The standard InChI is InChI=1S/C22H11Cl5N2O4.Na/c23-9-5-6-15(31)11(7-9)19(32)13-8-12(24)22(27)29(13)18-16(25)21(26)28-17(18)20(33)10-3-1-2-4-14(10)30;/h1-8,28,30-31H;/q;+1/p-1. The summed E-state index contributed by atoms with van der Waals surface area (Å²) in [6, 6.07) is 10.8. The van der Waals surface area contributed by atoms with E-state index < -0.39 is 17.3 Å². The van der Waals surface area contributed by atoms with Crippen LogP contribution in [0.25, 0.3) is 5.69 Å². The van der Waals surface area contributed by atoms with Crippen LogP contribution in [-0.2, 0) is 0 Å². The number of ketones is 2. The number of rotatable bonds is 5. The molecular weight excluding hydrogens is 557 g/mol. The molecule has 2 aromatic carbocycles. The molecule has 0 amide bonds. The van der Waals surface area contributed by atoms with Crippen molar-refractivity contribution in [2.24, 2.45) is 0 Å². The van der Waals surface area contributed by atoms with Gasteiger partial charge >= 0.3 is 29.6 Å². The summed E-state index contributed by atoms with van der Waals surface area (Å²) in [6.07, 6.45) is 0. The molecule has 12 heteroatoms. The van der Waals surface area contributed by atoms with Gasteiger partial charge in [0, 0.05) is 10.6 Å². The van der Waals surface area contributed by atoms with Gasteiger partial charge in [-0.3, -0.25) is 14.2 Å². The Morgan fingerprint density at radius 2 is 1.59 bits per heavy atom. The van der Waals surface area contributed by atoms with Crippen molar-refractivity contribution < 1.29 is 49.4 Å². The van der Waals surface area contributed by atoms with Gasteiger partial charge in [0.05, 0.1) is 22.0 Å². The molecule has 0 saturated carbocycles. The maximum Gasteiger partial charge on any atom is 1.00 e. The minimum absolute atomic E-state index is 0. The summed E-state index contributed by atoms with van der Waals surface area (Å²) in [7, 11) is 0. The predicted molar refractivity (Wildman–Crippen MR) is 126 cm³/mol. The third-order valence-corrected chi connectivity index (χ3v) is 6.53. The molecule has 2 N–H and O–H groups in total. The Morgan fingerprint density at radius 3 is 2.26 bits per heavy atom. The first kappa shape index (κ1) is 27.0. The number of nitrogens with zero attached hydrogens (tertiary/aromatic N) is 1. The molecule has 0 fully saturated rings. The first-order chi connectivity index (χ1) is 15.6. The number of halogens is 5. The molecule has 0 aliphatic rings. The zero-order valence-electron chi connectivity index (χ0n) is 17.1. The van der Waals surface area contributed by atoms with Gasteiger partial charge < -0.3 is 15.2 Å². The van der Waals surface area contributed by atoms with Crippen LogP contribution in [0.3, 0.4) is 0 Å². The molecule has 0 aliphatic carbocycles. The Bertz CT molecular complexity index is 1450. The van der Waals surface area contributed by atoms with Crippen molar-refractivity contribution >= 4 is 69.6 Å². The van der Waals surface area contributed by atoms with Crippen molar-refractivity contribution in [3.63, 3.8) is 0 Å². The number of H-pyrrole nitrogens is 1. The average Bonchev–Trinajstić information content (AvgIpc) is 3.24. The molecular formula is C22H10Cl5N2NaO4. The number of phenolic OH excluding ortho intramolecular Hbond substituents is 1. The number of aromatic hydroxyl groups is 1. The number of hydrogen-bond donors (Lipinski definition) is 2. The van der Waals surface area contributed by atoms with E-state index in [4.69, 9.17) is 58.0 Å². The SMILES string of the molecule is O=C(c1ccccc1O)c1[nH]c(Cl)c(Cl)c1-n1c(C(=O)c2cc(Cl)ccc2[O-])cc(Cl)c1Cl.[Na+]. The van der Waals surface area contributed by atoms with E-state index in [1.165, 1.54) is 30.3 Å². The molecule has 4 aromatic rings. The quantitative estimate of drug-likeness (QED) is 0.286. The van der Waals surface area contributed by atoms with Crippen molar-refractivity contribution in [2.75, 3.05) is 0 Å². The van der Waals surface area contributed by atoms with Crippen LogP contribution >= 0.6 is 58.0 Å². The van der Waals surface area contributed by atoms with Crippen molar-refractivity contribution in [2.45, 2.75) is 0 Å². The van der Waals surface area contributed by atoms with Crippen molar-refractivity contribution in [3.8, 4) is 17.2 Å². The van der Waals surface area contributed by atoms with Crippen LogP contribution in [0.2, 0.25) is 25.4 Å². The van der Waals surface area contributed by atoms with Crippen LogP contribution in [0.4, 0.5) is 0 Å². The molecule has 0 bridgehead atoms. The van der Waals surface area contributed by atoms with Gasteiger partial charge in [-0.1, -0.05) is 82.0 Å². The van der Waals surface area contributed by atoms with E-state index in [1.807, 2.05) is 0 Å². The molecule has 6 nitrogen and oxygen atoms in total. The fourth-order valence-electron chi connectivity index (χ4n) is 3.27. The van der Waals surface area contributed by atoms with Gasteiger partial charge in [-0.05, 0) is 30.3 Å². The first-order valence-corrected chi connectivity index (χ1v) is 11.0. The fraction of sp³-hybridized carbons (Fsp3) is 0. The third kappa shape index (κ3) is 4.74. The van der Waals surface area contributed by atoms with Crippen LogP contribution in [0.1, 0.15) is 32.1 Å². The predicted octanol–water partition coefficient (Wildman–Crippen LogP) is 3.32. The summed E-state index contributed by atoms with van der Waals surface area (Å²) in [4.78, 5) is 29.2. The van der Waals surface area contributed by atoms with E-state index in [2.05, 4.69) is 4.98 Å². The fourth-order valence-corrected chi connectivity index (χ4v) is 4.27. The number of benzene rings is 2. The molecule has 4 rings (SSSR count). The molecule has 0 spiro atoms. The van der Waals surface area contributed by atoms with Gasteiger partial charge in [-0.25, -0.2) is 0 Å². The van der Waals surface area contributed by atoms with Crippen molar-refractivity contribution in [1.29, 1.82) is 0 Å². The number of carbonyl (C=O) groups is 2. The van der Waals surface area contributed by atoms with Gasteiger partial charge in [0.2, 0.25) is 11.6 Å². The van der Waals surface area contributed by atoms with Crippen molar-refractivity contribution in [3.05, 3.63) is 96.4 Å². The number of carbonyl (C=O) groups excluding carboxylic acids is 2. The molecule has 0 unspecified atom stereocenters. The zero-order chi connectivity index (χ0) is 24.0. The summed E-state index contributed by atoms with van der Waals surface area (Å²) in [5, 5.41) is 22.2. The number of para-hydroxylation sites is 1. The first-order valence-electron chi connectivity index (χ1n) is 9.09. The van der Waals surface area contributed by atoms with Crippen LogP contribution in [-0.4, -0.2) is 26.2 Å². The Balaban J connectivity index is 0.00000324. The molecule has 34 heavy (non-hydrogen) atoms. The molecule has 0 aliphatic heterocycles. The van der Waals surface area contributed by atoms with Crippen LogP contribution < -0.4 is 34.7 Å². The van der Waals surface area contributed by atoms with Gasteiger partial charge in [0.15, 0.2) is 0 Å². The van der Waals surface area contributed by atoms with E-state index in [-0.39, 0.29) is 88.9 Å². The largest absolute Gasteiger partial charge is 1.00 e. The smallest absolute Gasteiger partial charge is 0.872 e. The van der Waals surface area contributed by atoms with Crippen molar-refractivity contribution in [1.82, 2.24) is 9.55 Å². The molecule has 0 atom stereocenters. The topological polar surface area (TPSA) is 98.2 Å². The normalized spacial score (nSPS) is 10.7. The molecule has 0 saturated heterocycles. The Kier molecular flexibility index (Phi) is 8.38. The molecule has 2 aromatic heterocycles. The minimum atomic E-state index is -0.759. The second-order valence-corrected chi connectivity index (χ2v) is 8.75. The summed E-state index contributed by atoms with van der Waals surface area (Å²) < 4.78 is 1.12. The van der Waals surface area contributed by atoms with Gasteiger partial charge in [-0.15, -0.1) is 0 Å². The number of aromatic nitrogens is 2. The molecule has 0 radical (unpaired) electrons. The van der Waals surface area contributed by atoms with Gasteiger partial charge in [-0.2, -0.15) is 0 Å². The van der Waals surface area contributed by atoms with E-state index in [0.717, 1.165) is 10.6 Å². The summed E-state index contributed by atoms with van der Waals surface area (Å²) in [5.74, 6) is -2.29. The second kappa shape index (κ2) is 10.6. The second-order valence-electron chi connectivity index (χ2n) is 6.80. The number of aromatic amines is 1. The maximum absolute atomic E-state index is 13.3. The monoisotopic (exact) mass is 564 g/mol. The number of nitrogens with one attached hydrogen (secondary N) is 1. The summed E-state index contributed by atoms with van der Waals surface area (Å²) in [6.45, 7) is 0. The zero-order valence-corrected chi connectivity index (χ0v) is 22.9. The number of hydrogen-bond acceptors (Lipinski definition) is 4. The third-order valence-electron chi connectivity index (χ3n) is 4.79. The van der Waals surface area contributed by atoms with Crippen LogP contribution in [0.5, 0.6) is 11.5 Å². The van der Waals surface area contributed by atoms with E-state index in [9.17, 15) is 19.8 Å². The average molecular weight is 567 g/mol. The Hall–Kier alpha value is -1.61. The van der Waals surface area contributed by atoms with Gasteiger partial charge in [0.1, 0.15) is 26.8 Å². The maximum atomic E-state index is 13.3. The Morgan fingerprint density at radius 1 is 0.912 bits per heavy atom. The molecule has 168 valence electrons. The number of phenols is 1. The summed E-state index contributed by atoms with van der Waals surface area (Å²) in [5.41, 5.74) is -0.686. The summed E-state index contributed by atoms with van der Waals surface area (Å²) >= 11 is 31.1. The molecule has 2 heterocycles. The Labute approximate surface area is 240 Å². The minimum Gasteiger partial charge on any atom is -0.872 e. The van der Waals surface area contributed by atoms with Gasteiger partial charge in [0.25, 0.3) is 0 Å². The van der Waals surface area contributed by atoms with E-state index in [0.29, 0.717) is 0 Å².